The molecule has 4 nitrogen and oxygen atoms in total. The Morgan fingerprint density at radius 3 is 2.42 bits per heavy atom. The lowest BCUT2D eigenvalue weighted by atomic mass is 9.94. The average Bonchev–Trinajstić information content (AvgIpc) is 2.37. The summed E-state index contributed by atoms with van der Waals surface area (Å²) in [5.74, 6) is -1.02. The fraction of sp³-hybridized carbons (Fsp3) is 0.429. The number of ether oxygens (including phenoxy) is 2. The van der Waals surface area contributed by atoms with E-state index in [0.717, 1.165) is 0 Å². The zero-order valence-corrected chi connectivity index (χ0v) is 12.2. The molecule has 0 aromatic heterocycles. The normalized spacial score (nSPS) is 10.4. The van der Waals surface area contributed by atoms with Crippen molar-refractivity contribution in [1.29, 1.82) is 0 Å². The van der Waals surface area contributed by atoms with Gasteiger partial charge in [-0.1, -0.05) is 25.4 Å². The Labute approximate surface area is 117 Å². The lowest BCUT2D eigenvalue weighted by Crippen LogP contribution is -2.19. The van der Waals surface area contributed by atoms with Crippen molar-refractivity contribution in [2.45, 2.75) is 26.7 Å². The number of hydrogen-bond donors (Lipinski definition) is 0. The van der Waals surface area contributed by atoms with Crippen molar-refractivity contribution in [3.63, 3.8) is 0 Å². The van der Waals surface area contributed by atoms with Crippen LogP contribution in [0.1, 0.15) is 42.6 Å². The van der Waals surface area contributed by atoms with Gasteiger partial charge in [0, 0.05) is 5.56 Å². The minimum atomic E-state index is -0.870. The fourth-order valence-corrected chi connectivity index (χ4v) is 1.95. The highest BCUT2D eigenvalue weighted by molar-refractivity contribution is 6.42. The molecule has 0 radical (unpaired) electrons. The lowest BCUT2D eigenvalue weighted by molar-refractivity contribution is -0.137. The summed E-state index contributed by atoms with van der Waals surface area (Å²) in [7, 11) is 1.50. The minimum Gasteiger partial charge on any atom is -0.495 e. The zero-order chi connectivity index (χ0) is 14.6. The van der Waals surface area contributed by atoms with Crippen molar-refractivity contribution in [3.05, 3.63) is 28.3 Å². The summed E-state index contributed by atoms with van der Waals surface area (Å²) < 4.78 is 9.85. The SMILES string of the molecule is CCOC(=O)C(=O)c1cc(Cl)c(OC)cc1C(C)C. The summed E-state index contributed by atoms with van der Waals surface area (Å²) in [4.78, 5) is 23.6. The van der Waals surface area contributed by atoms with Gasteiger partial charge in [-0.05, 0) is 30.5 Å². The van der Waals surface area contributed by atoms with Gasteiger partial charge in [-0.3, -0.25) is 4.79 Å². The zero-order valence-electron chi connectivity index (χ0n) is 11.5. The van der Waals surface area contributed by atoms with Crippen LogP contribution in [0, 0.1) is 0 Å². The van der Waals surface area contributed by atoms with Crippen LogP contribution in [0.5, 0.6) is 5.75 Å². The van der Waals surface area contributed by atoms with Gasteiger partial charge >= 0.3 is 5.97 Å². The highest BCUT2D eigenvalue weighted by Crippen LogP contribution is 2.32. The summed E-state index contributed by atoms with van der Waals surface area (Å²) in [6.07, 6.45) is 0. The van der Waals surface area contributed by atoms with Crippen LogP contribution < -0.4 is 4.74 Å². The third-order valence-electron chi connectivity index (χ3n) is 2.65. The summed E-state index contributed by atoms with van der Waals surface area (Å²) >= 11 is 6.00. The van der Waals surface area contributed by atoms with Crippen molar-refractivity contribution < 1.29 is 19.1 Å². The molecule has 0 saturated heterocycles. The quantitative estimate of drug-likeness (QED) is 0.473. The summed E-state index contributed by atoms with van der Waals surface area (Å²) in [6, 6.07) is 3.13. The first kappa shape index (κ1) is 15.5. The minimum absolute atomic E-state index is 0.0551. The Kier molecular flexibility index (Phi) is 5.36. The first-order chi connectivity index (χ1) is 8.92. The molecule has 0 heterocycles. The molecule has 0 bridgehead atoms. The van der Waals surface area contributed by atoms with Gasteiger partial charge in [0.1, 0.15) is 5.75 Å². The highest BCUT2D eigenvalue weighted by Gasteiger charge is 2.23. The summed E-state index contributed by atoms with van der Waals surface area (Å²) in [5.41, 5.74) is 0.971. The number of carbonyl (C=O) groups is 2. The molecule has 0 amide bonds. The highest BCUT2D eigenvalue weighted by atomic mass is 35.5. The molecule has 0 aliphatic carbocycles. The number of rotatable bonds is 5. The number of halogens is 1. The molecule has 19 heavy (non-hydrogen) atoms. The molecule has 0 N–H and O–H groups in total. The maximum atomic E-state index is 12.0. The van der Waals surface area contributed by atoms with Crippen molar-refractivity contribution in [2.75, 3.05) is 13.7 Å². The smallest absolute Gasteiger partial charge is 0.379 e. The Bertz CT molecular complexity index is 494. The monoisotopic (exact) mass is 284 g/mol. The van der Waals surface area contributed by atoms with E-state index in [0.29, 0.717) is 16.3 Å². The third kappa shape index (κ3) is 3.47. The molecule has 0 saturated carbocycles. The maximum absolute atomic E-state index is 12.0. The van der Waals surface area contributed by atoms with Crippen LogP contribution in [0.3, 0.4) is 0 Å². The molecule has 1 aromatic rings. The molecule has 0 spiro atoms. The summed E-state index contributed by atoms with van der Waals surface area (Å²) in [5, 5.41) is 0.291. The average molecular weight is 285 g/mol. The van der Waals surface area contributed by atoms with Crippen molar-refractivity contribution in [1.82, 2.24) is 0 Å². The van der Waals surface area contributed by atoms with E-state index in [-0.39, 0.29) is 18.1 Å². The largest absolute Gasteiger partial charge is 0.495 e. The van der Waals surface area contributed by atoms with Crippen LogP contribution in [0.2, 0.25) is 5.02 Å². The van der Waals surface area contributed by atoms with Gasteiger partial charge in [-0.25, -0.2) is 4.79 Å². The predicted molar refractivity (Wildman–Crippen MR) is 73.1 cm³/mol. The van der Waals surface area contributed by atoms with Gasteiger partial charge in [-0.2, -0.15) is 0 Å². The van der Waals surface area contributed by atoms with Crippen LogP contribution in [0.25, 0.3) is 0 Å². The summed E-state index contributed by atoms with van der Waals surface area (Å²) in [6.45, 7) is 5.65. The molecule has 1 aromatic carbocycles. The van der Waals surface area contributed by atoms with Crippen molar-refractivity contribution >= 4 is 23.4 Å². The van der Waals surface area contributed by atoms with Crippen LogP contribution in [0.15, 0.2) is 12.1 Å². The lowest BCUT2D eigenvalue weighted by Gasteiger charge is -2.14. The van der Waals surface area contributed by atoms with Gasteiger partial charge < -0.3 is 9.47 Å². The first-order valence-corrected chi connectivity index (χ1v) is 6.39. The van der Waals surface area contributed by atoms with Gasteiger partial charge in [0.05, 0.1) is 18.7 Å². The van der Waals surface area contributed by atoms with E-state index in [1.807, 2.05) is 13.8 Å². The second-order valence-electron chi connectivity index (χ2n) is 4.28. The molecule has 0 unspecified atom stereocenters. The van der Waals surface area contributed by atoms with Crippen LogP contribution in [0.4, 0.5) is 0 Å². The van der Waals surface area contributed by atoms with Crippen LogP contribution >= 0.6 is 11.6 Å². The van der Waals surface area contributed by atoms with Gasteiger partial charge in [0.25, 0.3) is 5.78 Å². The number of methoxy groups -OCH3 is 1. The molecule has 5 heteroatoms. The van der Waals surface area contributed by atoms with E-state index >= 15 is 0 Å². The van der Waals surface area contributed by atoms with Crippen molar-refractivity contribution in [3.8, 4) is 5.75 Å². The Hall–Kier alpha value is -1.55. The number of hydrogen-bond acceptors (Lipinski definition) is 4. The molecule has 0 aliphatic rings. The third-order valence-corrected chi connectivity index (χ3v) is 2.95. The maximum Gasteiger partial charge on any atom is 0.379 e. The number of ketones is 1. The van der Waals surface area contributed by atoms with E-state index in [4.69, 9.17) is 21.1 Å². The number of esters is 1. The van der Waals surface area contributed by atoms with Gasteiger partial charge in [-0.15, -0.1) is 0 Å². The molecule has 0 fully saturated rings. The molecule has 1 rings (SSSR count). The Morgan fingerprint density at radius 1 is 1.32 bits per heavy atom. The number of Topliss-reactive ketones (excluding diaryl/α,β-unsaturated/α-hetero) is 1. The van der Waals surface area contributed by atoms with E-state index in [2.05, 4.69) is 0 Å². The van der Waals surface area contributed by atoms with Gasteiger partial charge in [0.15, 0.2) is 0 Å². The number of benzene rings is 1. The van der Waals surface area contributed by atoms with Crippen molar-refractivity contribution in [2.24, 2.45) is 0 Å². The number of carbonyl (C=O) groups excluding carboxylic acids is 2. The molecule has 0 aliphatic heterocycles. The van der Waals surface area contributed by atoms with Gasteiger partial charge in [0.2, 0.25) is 0 Å². The first-order valence-electron chi connectivity index (χ1n) is 6.01. The van der Waals surface area contributed by atoms with Crippen LogP contribution in [-0.2, 0) is 9.53 Å². The molecule has 0 atom stereocenters. The molecular weight excluding hydrogens is 268 g/mol. The topological polar surface area (TPSA) is 52.6 Å². The second-order valence-corrected chi connectivity index (χ2v) is 4.69. The predicted octanol–water partition coefficient (Wildman–Crippen LogP) is 3.22. The van der Waals surface area contributed by atoms with E-state index in [1.54, 1.807) is 13.0 Å². The second kappa shape index (κ2) is 6.57. The molecular formula is C14H17ClO4. The van der Waals surface area contributed by atoms with E-state index < -0.39 is 11.8 Å². The Morgan fingerprint density at radius 2 is 1.95 bits per heavy atom. The molecule has 104 valence electrons. The van der Waals surface area contributed by atoms with E-state index in [1.165, 1.54) is 13.2 Å². The Balaban J connectivity index is 3.29. The standard InChI is InChI=1S/C14H17ClO4/c1-5-19-14(17)13(16)10-6-11(15)12(18-4)7-9(10)8(2)3/h6-8H,5H2,1-4H3. The van der Waals surface area contributed by atoms with E-state index in [9.17, 15) is 9.59 Å². The van der Waals surface area contributed by atoms with Crippen LogP contribution in [-0.4, -0.2) is 25.5 Å². The fourth-order valence-electron chi connectivity index (χ4n) is 1.71.